The zero-order valence-corrected chi connectivity index (χ0v) is 13.4. The second-order valence-electron chi connectivity index (χ2n) is 5.13. The lowest BCUT2D eigenvalue weighted by Gasteiger charge is -2.14. The molecule has 0 aliphatic heterocycles. The number of hydrogen-bond donors (Lipinski definition) is 2. The lowest BCUT2D eigenvalue weighted by molar-refractivity contribution is -0.116. The molecule has 3 rings (SSSR count). The number of pyridine rings is 1. The third kappa shape index (κ3) is 3.60. The number of oxazole rings is 1. The Labute approximate surface area is 137 Å². The van der Waals surface area contributed by atoms with Crippen LogP contribution in [0.15, 0.2) is 40.9 Å². The number of halogens is 1. The number of nitrogens with zero attached hydrogens (tertiary/aromatic N) is 2. The summed E-state index contributed by atoms with van der Waals surface area (Å²) in [5, 5.41) is 6.37. The highest BCUT2D eigenvalue weighted by molar-refractivity contribution is 6.30. The Morgan fingerprint density at radius 1 is 1.30 bits per heavy atom. The molecule has 0 fully saturated rings. The highest BCUT2D eigenvalue weighted by Crippen LogP contribution is 2.20. The number of amides is 1. The summed E-state index contributed by atoms with van der Waals surface area (Å²) in [6.45, 7) is 3.56. The van der Waals surface area contributed by atoms with Gasteiger partial charge < -0.3 is 15.1 Å². The van der Waals surface area contributed by atoms with Gasteiger partial charge in [0.1, 0.15) is 17.4 Å². The number of anilines is 2. The van der Waals surface area contributed by atoms with E-state index >= 15 is 0 Å². The van der Waals surface area contributed by atoms with E-state index in [-0.39, 0.29) is 5.91 Å². The lowest BCUT2D eigenvalue weighted by atomic mass is 10.2. The van der Waals surface area contributed by atoms with Crippen molar-refractivity contribution >= 4 is 40.1 Å². The van der Waals surface area contributed by atoms with Crippen molar-refractivity contribution in [1.82, 2.24) is 9.97 Å². The van der Waals surface area contributed by atoms with Crippen molar-refractivity contribution in [3.05, 3.63) is 47.4 Å². The van der Waals surface area contributed by atoms with Crippen LogP contribution in [0.5, 0.6) is 0 Å². The molecule has 0 spiro atoms. The largest absolute Gasteiger partial charge is 0.441 e. The second kappa shape index (κ2) is 6.26. The zero-order valence-electron chi connectivity index (χ0n) is 12.6. The first-order valence-electron chi connectivity index (χ1n) is 7.07. The molecule has 1 amide bonds. The molecule has 2 heterocycles. The van der Waals surface area contributed by atoms with Gasteiger partial charge in [-0.3, -0.25) is 4.79 Å². The van der Waals surface area contributed by atoms with E-state index in [0.29, 0.717) is 16.7 Å². The van der Waals surface area contributed by atoms with Crippen molar-refractivity contribution in [3.63, 3.8) is 0 Å². The van der Waals surface area contributed by atoms with Crippen LogP contribution >= 0.6 is 11.6 Å². The number of rotatable bonds is 4. The minimum absolute atomic E-state index is 0.198. The molecule has 0 aliphatic carbocycles. The number of aromatic nitrogens is 2. The molecule has 0 aliphatic rings. The van der Waals surface area contributed by atoms with E-state index in [1.807, 2.05) is 18.2 Å². The van der Waals surface area contributed by atoms with Crippen molar-refractivity contribution in [2.24, 2.45) is 0 Å². The molecule has 0 radical (unpaired) electrons. The van der Waals surface area contributed by atoms with Crippen LogP contribution in [-0.4, -0.2) is 21.9 Å². The first-order valence-corrected chi connectivity index (χ1v) is 7.45. The van der Waals surface area contributed by atoms with Crippen molar-refractivity contribution < 1.29 is 9.21 Å². The molecule has 2 aromatic heterocycles. The van der Waals surface area contributed by atoms with E-state index in [2.05, 4.69) is 20.6 Å². The maximum absolute atomic E-state index is 12.2. The SMILES string of the molecule is Cc1nc2cc(N[C@@H](C)C(=O)Nc3ccc(Cl)cn3)ccc2o1. The van der Waals surface area contributed by atoms with Crippen LogP contribution in [0.1, 0.15) is 12.8 Å². The monoisotopic (exact) mass is 330 g/mol. The standard InChI is InChI=1S/C16H15ClN4O2/c1-9(16(22)21-15-6-3-11(17)8-18-15)19-12-4-5-14-13(7-12)20-10(2)23-14/h3-9,19H,1-2H3,(H,18,21,22)/t9-/m0/s1. The Morgan fingerprint density at radius 2 is 2.13 bits per heavy atom. The topological polar surface area (TPSA) is 80.0 Å². The van der Waals surface area contributed by atoms with E-state index in [1.165, 1.54) is 6.20 Å². The van der Waals surface area contributed by atoms with Crippen LogP contribution < -0.4 is 10.6 Å². The number of carbonyl (C=O) groups is 1. The van der Waals surface area contributed by atoms with Gasteiger partial charge >= 0.3 is 0 Å². The third-order valence-corrected chi connectivity index (χ3v) is 3.47. The average molecular weight is 331 g/mol. The van der Waals surface area contributed by atoms with Gasteiger partial charge in [0.15, 0.2) is 11.5 Å². The molecule has 0 saturated heterocycles. The molecule has 0 bridgehead atoms. The van der Waals surface area contributed by atoms with Gasteiger partial charge in [-0.15, -0.1) is 0 Å². The van der Waals surface area contributed by atoms with Crippen LogP contribution in [0.4, 0.5) is 11.5 Å². The summed E-state index contributed by atoms with van der Waals surface area (Å²) < 4.78 is 5.43. The van der Waals surface area contributed by atoms with Crippen molar-refractivity contribution in [3.8, 4) is 0 Å². The van der Waals surface area contributed by atoms with Crippen LogP contribution in [0.25, 0.3) is 11.1 Å². The van der Waals surface area contributed by atoms with Crippen molar-refractivity contribution in [2.45, 2.75) is 19.9 Å². The van der Waals surface area contributed by atoms with Crippen LogP contribution in [-0.2, 0) is 4.79 Å². The summed E-state index contributed by atoms with van der Waals surface area (Å²) in [6, 6.07) is 8.38. The predicted molar refractivity (Wildman–Crippen MR) is 89.7 cm³/mol. The fourth-order valence-corrected chi connectivity index (χ4v) is 2.24. The summed E-state index contributed by atoms with van der Waals surface area (Å²) >= 11 is 5.77. The minimum Gasteiger partial charge on any atom is -0.441 e. The number of benzene rings is 1. The normalized spacial score (nSPS) is 12.1. The first kappa shape index (κ1) is 15.3. The van der Waals surface area contributed by atoms with E-state index < -0.39 is 6.04 Å². The Kier molecular flexibility index (Phi) is 4.16. The molecule has 0 saturated carbocycles. The van der Waals surface area contributed by atoms with Gasteiger partial charge in [0.2, 0.25) is 5.91 Å². The minimum atomic E-state index is -0.446. The van der Waals surface area contributed by atoms with Gasteiger partial charge in [-0.25, -0.2) is 9.97 Å². The molecule has 118 valence electrons. The predicted octanol–water partition coefficient (Wildman–Crippen LogP) is 3.62. The Balaban J connectivity index is 1.67. The van der Waals surface area contributed by atoms with Crippen LogP contribution in [0.2, 0.25) is 5.02 Å². The van der Waals surface area contributed by atoms with Crippen molar-refractivity contribution in [1.29, 1.82) is 0 Å². The van der Waals surface area contributed by atoms with Crippen molar-refractivity contribution in [2.75, 3.05) is 10.6 Å². The van der Waals surface area contributed by atoms with Gasteiger partial charge in [-0.05, 0) is 37.3 Å². The smallest absolute Gasteiger partial charge is 0.247 e. The molecule has 1 aromatic carbocycles. The molecule has 3 aromatic rings. The molecular formula is C16H15ClN4O2. The zero-order chi connectivity index (χ0) is 16.4. The quantitative estimate of drug-likeness (QED) is 0.763. The molecule has 0 unspecified atom stereocenters. The second-order valence-corrected chi connectivity index (χ2v) is 5.57. The van der Waals surface area contributed by atoms with Gasteiger partial charge in [0, 0.05) is 18.8 Å². The Bertz CT molecular complexity index is 845. The highest BCUT2D eigenvalue weighted by Gasteiger charge is 2.14. The number of aryl methyl sites for hydroxylation is 1. The van der Waals surface area contributed by atoms with E-state index in [0.717, 1.165) is 16.8 Å². The summed E-state index contributed by atoms with van der Waals surface area (Å²) in [5.74, 6) is 0.864. The average Bonchev–Trinajstić information content (AvgIpc) is 2.88. The van der Waals surface area contributed by atoms with Crippen LogP contribution in [0.3, 0.4) is 0 Å². The molecule has 2 N–H and O–H groups in total. The molecular weight excluding hydrogens is 316 g/mol. The Morgan fingerprint density at radius 3 is 2.87 bits per heavy atom. The lowest BCUT2D eigenvalue weighted by Crippen LogP contribution is -2.32. The summed E-state index contributed by atoms with van der Waals surface area (Å²) in [6.07, 6.45) is 1.48. The number of hydrogen-bond acceptors (Lipinski definition) is 5. The number of fused-ring (bicyclic) bond motifs is 1. The summed E-state index contributed by atoms with van der Waals surface area (Å²) in [7, 11) is 0. The highest BCUT2D eigenvalue weighted by atomic mass is 35.5. The van der Waals surface area contributed by atoms with Gasteiger partial charge in [0.25, 0.3) is 0 Å². The Hall–Kier alpha value is -2.60. The van der Waals surface area contributed by atoms with Gasteiger partial charge in [0.05, 0.1) is 5.02 Å². The van der Waals surface area contributed by atoms with Gasteiger partial charge in [-0.1, -0.05) is 11.6 Å². The van der Waals surface area contributed by atoms with Gasteiger partial charge in [-0.2, -0.15) is 0 Å². The van der Waals surface area contributed by atoms with E-state index in [4.69, 9.17) is 16.0 Å². The molecule has 23 heavy (non-hydrogen) atoms. The van der Waals surface area contributed by atoms with Crippen LogP contribution in [0, 0.1) is 6.92 Å². The fourth-order valence-electron chi connectivity index (χ4n) is 2.13. The third-order valence-electron chi connectivity index (χ3n) is 3.25. The van der Waals surface area contributed by atoms with E-state index in [1.54, 1.807) is 26.0 Å². The number of nitrogens with one attached hydrogen (secondary N) is 2. The summed E-state index contributed by atoms with van der Waals surface area (Å²) in [4.78, 5) is 20.5. The fraction of sp³-hybridized carbons (Fsp3) is 0.188. The maximum Gasteiger partial charge on any atom is 0.247 e. The molecule has 6 nitrogen and oxygen atoms in total. The van der Waals surface area contributed by atoms with E-state index in [9.17, 15) is 4.79 Å². The first-order chi connectivity index (χ1) is 11.0. The molecule has 1 atom stereocenters. The maximum atomic E-state index is 12.2. The summed E-state index contributed by atoms with van der Waals surface area (Å²) in [5.41, 5.74) is 2.26. The molecule has 7 heteroatoms. The number of carbonyl (C=O) groups excluding carboxylic acids is 1.